The lowest BCUT2D eigenvalue weighted by molar-refractivity contribution is -0.119. The third-order valence-corrected chi connectivity index (χ3v) is 5.35. The second-order valence-corrected chi connectivity index (χ2v) is 7.89. The van der Waals surface area contributed by atoms with Crippen LogP contribution in [0.2, 0.25) is 0 Å². The van der Waals surface area contributed by atoms with Gasteiger partial charge in [-0.15, -0.1) is 0 Å². The predicted molar refractivity (Wildman–Crippen MR) is 116 cm³/mol. The molecule has 0 unspecified atom stereocenters. The molecule has 150 valence electrons. The van der Waals surface area contributed by atoms with Gasteiger partial charge in [0.25, 0.3) is 0 Å². The average molecular weight is 391 g/mol. The second-order valence-electron chi connectivity index (χ2n) is 7.48. The van der Waals surface area contributed by atoms with Crippen molar-refractivity contribution in [2.45, 2.75) is 77.6 Å². The minimum absolute atomic E-state index is 0.0220. The van der Waals surface area contributed by atoms with Gasteiger partial charge in [-0.3, -0.25) is 4.79 Å². The van der Waals surface area contributed by atoms with Crippen molar-refractivity contribution in [3.8, 4) is 5.75 Å². The highest BCUT2D eigenvalue weighted by molar-refractivity contribution is 7.80. The maximum atomic E-state index is 11.9. The molecule has 0 heterocycles. The van der Waals surface area contributed by atoms with E-state index in [0.29, 0.717) is 11.5 Å². The van der Waals surface area contributed by atoms with E-state index in [1.807, 2.05) is 24.3 Å². The van der Waals surface area contributed by atoms with Crippen molar-refractivity contribution in [2.75, 3.05) is 11.9 Å². The van der Waals surface area contributed by atoms with Crippen LogP contribution in [0.4, 0.5) is 5.69 Å². The molecule has 27 heavy (non-hydrogen) atoms. The van der Waals surface area contributed by atoms with E-state index >= 15 is 0 Å². The molecule has 1 fully saturated rings. The largest absolute Gasteiger partial charge is 0.494 e. The molecule has 0 aromatic heterocycles. The van der Waals surface area contributed by atoms with E-state index in [-0.39, 0.29) is 5.91 Å². The quantitative estimate of drug-likeness (QED) is 0.390. The summed E-state index contributed by atoms with van der Waals surface area (Å²) in [4.78, 5) is 11.9. The number of ether oxygens (including phenoxy) is 1. The Morgan fingerprint density at radius 2 is 1.85 bits per heavy atom. The van der Waals surface area contributed by atoms with Gasteiger partial charge in [-0.05, 0) is 55.2 Å². The van der Waals surface area contributed by atoms with Crippen LogP contribution in [0, 0.1) is 5.92 Å². The molecule has 0 bridgehead atoms. The van der Waals surface area contributed by atoms with Gasteiger partial charge in [-0.25, -0.2) is 0 Å². The topological polar surface area (TPSA) is 50.4 Å². The van der Waals surface area contributed by atoms with Crippen LogP contribution >= 0.6 is 12.2 Å². The molecule has 0 aliphatic heterocycles. The van der Waals surface area contributed by atoms with Gasteiger partial charge in [0.2, 0.25) is 5.91 Å². The number of anilines is 1. The summed E-state index contributed by atoms with van der Waals surface area (Å²) in [5, 5.41) is 6.14. The van der Waals surface area contributed by atoms with Gasteiger partial charge in [0.1, 0.15) is 5.75 Å². The minimum Gasteiger partial charge on any atom is -0.494 e. The van der Waals surface area contributed by atoms with Crippen molar-refractivity contribution in [1.82, 2.24) is 5.32 Å². The number of hydrogen-bond donors (Lipinski definition) is 2. The molecule has 1 aromatic rings. The predicted octanol–water partition coefficient (Wildman–Crippen LogP) is 5.82. The van der Waals surface area contributed by atoms with E-state index in [1.165, 1.54) is 44.9 Å². The molecule has 0 spiro atoms. The van der Waals surface area contributed by atoms with Crippen molar-refractivity contribution in [3.63, 3.8) is 0 Å². The van der Waals surface area contributed by atoms with Crippen molar-refractivity contribution < 1.29 is 9.53 Å². The SMILES string of the molecule is CCCCCCC(=O)NC(=S)Nc1ccc(OCCC2CCCCC2)cc1. The van der Waals surface area contributed by atoms with Crippen molar-refractivity contribution in [1.29, 1.82) is 0 Å². The number of amides is 1. The molecule has 5 heteroatoms. The van der Waals surface area contributed by atoms with Crippen molar-refractivity contribution in [2.24, 2.45) is 5.92 Å². The van der Waals surface area contributed by atoms with Crippen LogP contribution in [0.25, 0.3) is 0 Å². The fourth-order valence-corrected chi connectivity index (χ4v) is 3.75. The normalized spacial score (nSPS) is 14.6. The third kappa shape index (κ3) is 9.23. The van der Waals surface area contributed by atoms with E-state index in [1.54, 1.807) is 0 Å². The Bertz CT molecular complexity index is 568. The van der Waals surface area contributed by atoms with Gasteiger partial charge in [0, 0.05) is 12.1 Å². The van der Waals surface area contributed by atoms with Crippen LogP contribution in [0.15, 0.2) is 24.3 Å². The Labute approximate surface area is 169 Å². The third-order valence-electron chi connectivity index (χ3n) is 5.14. The Morgan fingerprint density at radius 1 is 1.11 bits per heavy atom. The molecule has 0 radical (unpaired) electrons. The Hall–Kier alpha value is -1.62. The van der Waals surface area contributed by atoms with E-state index in [9.17, 15) is 4.79 Å². The monoisotopic (exact) mass is 390 g/mol. The van der Waals surface area contributed by atoms with Gasteiger partial charge in [-0.1, -0.05) is 58.3 Å². The molecule has 0 atom stereocenters. The van der Waals surface area contributed by atoms with Gasteiger partial charge >= 0.3 is 0 Å². The Kier molecular flexibility index (Phi) is 10.2. The highest BCUT2D eigenvalue weighted by Gasteiger charge is 2.13. The summed E-state index contributed by atoms with van der Waals surface area (Å²) in [7, 11) is 0. The average Bonchev–Trinajstić information content (AvgIpc) is 2.67. The van der Waals surface area contributed by atoms with Crippen LogP contribution in [-0.4, -0.2) is 17.6 Å². The molecular formula is C22H34N2O2S. The van der Waals surface area contributed by atoms with Crippen LogP contribution in [0.5, 0.6) is 5.75 Å². The lowest BCUT2D eigenvalue weighted by Crippen LogP contribution is -2.33. The van der Waals surface area contributed by atoms with Crippen LogP contribution in [0.3, 0.4) is 0 Å². The molecule has 1 aromatic carbocycles. The van der Waals surface area contributed by atoms with E-state index < -0.39 is 0 Å². The first-order valence-corrected chi connectivity index (χ1v) is 10.9. The zero-order valence-corrected chi connectivity index (χ0v) is 17.4. The number of carbonyl (C=O) groups is 1. The second kappa shape index (κ2) is 12.7. The lowest BCUT2D eigenvalue weighted by Gasteiger charge is -2.21. The van der Waals surface area contributed by atoms with Gasteiger partial charge in [0.15, 0.2) is 5.11 Å². The highest BCUT2D eigenvalue weighted by Crippen LogP contribution is 2.26. The highest BCUT2D eigenvalue weighted by atomic mass is 32.1. The van der Waals surface area contributed by atoms with Gasteiger partial charge < -0.3 is 15.4 Å². The number of carbonyl (C=O) groups excluding carboxylic acids is 1. The summed E-state index contributed by atoms with van der Waals surface area (Å²) >= 11 is 5.21. The molecule has 1 amide bonds. The summed E-state index contributed by atoms with van der Waals surface area (Å²) in [6, 6.07) is 7.74. The molecule has 1 aliphatic rings. The number of benzene rings is 1. The maximum absolute atomic E-state index is 11.9. The fourth-order valence-electron chi connectivity index (χ4n) is 3.52. The first-order valence-electron chi connectivity index (χ1n) is 10.5. The molecule has 4 nitrogen and oxygen atoms in total. The number of thiocarbonyl (C=S) groups is 1. The number of unbranched alkanes of at least 4 members (excludes halogenated alkanes) is 3. The van der Waals surface area contributed by atoms with Crippen molar-refractivity contribution >= 4 is 28.9 Å². The van der Waals surface area contributed by atoms with Crippen molar-refractivity contribution in [3.05, 3.63) is 24.3 Å². The van der Waals surface area contributed by atoms with E-state index in [4.69, 9.17) is 17.0 Å². The Morgan fingerprint density at radius 3 is 2.56 bits per heavy atom. The maximum Gasteiger partial charge on any atom is 0.226 e. The molecular weight excluding hydrogens is 356 g/mol. The zero-order valence-electron chi connectivity index (χ0n) is 16.6. The van der Waals surface area contributed by atoms with Crippen LogP contribution in [-0.2, 0) is 4.79 Å². The molecule has 2 N–H and O–H groups in total. The number of hydrogen-bond acceptors (Lipinski definition) is 3. The molecule has 0 saturated heterocycles. The number of rotatable bonds is 10. The fraction of sp³-hybridized carbons (Fsp3) is 0.636. The van der Waals surface area contributed by atoms with Gasteiger partial charge in [-0.2, -0.15) is 0 Å². The van der Waals surface area contributed by atoms with Crippen LogP contribution in [0.1, 0.15) is 77.6 Å². The summed E-state index contributed by atoms with van der Waals surface area (Å²) in [5.74, 6) is 1.69. The summed E-state index contributed by atoms with van der Waals surface area (Å²) in [6.45, 7) is 2.94. The van der Waals surface area contributed by atoms with Crippen LogP contribution < -0.4 is 15.4 Å². The molecule has 1 saturated carbocycles. The zero-order chi connectivity index (χ0) is 19.3. The van der Waals surface area contributed by atoms with E-state index in [0.717, 1.165) is 43.2 Å². The Balaban J connectivity index is 1.63. The molecule has 2 rings (SSSR count). The first kappa shape index (κ1) is 21.7. The smallest absolute Gasteiger partial charge is 0.226 e. The molecule has 1 aliphatic carbocycles. The minimum atomic E-state index is -0.0220. The van der Waals surface area contributed by atoms with E-state index in [2.05, 4.69) is 17.6 Å². The first-order chi connectivity index (χ1) is 13.2. The van der Waals surface area contributed by atoms with Gasteiger partial charge in [0.05, 0.1) is 6.61 Å². The summed E-state index contributed by atoms with van der Waals surface area (Å²) in [5.41, 5.74) is 0.853. The standard InChI is InChI=1S/C22H34N2O2S/c1-2-3-4-8-11-21(25)24-22(27)23-19-12-14-20(15-13-19)26-17-16-18-9-6-5-7-10-18/h12-15,18H,2-11,16-17H2,1H3,(H2,23,24,25,27). The summed E-state index contributed by atoms with van der Waals surface area (Å²) in [6.07, 6.45) is 12.9. The summed E-state index contributed by atoms with van der Waals surface area (Å²) < 4.78 is 5.87. The lowest BCUT2D eigenvalue weighted by atomic mass is 9.87. The number of nitrogens with one attached hydrogen (secondary N) is 2.